The normalized spacial score (nSPS) is 15.6. The second-order valence-corrected chi connectivity index (χ2v) is 3.42. The summed E-state index contributed by atoms with van der Waals surface area (Å²) in [5, 5.41) is 8.92. The minimum Gasteiger partial charge on any atom is -0.485 e. The Hall–Kier alpha value is -1.82. The maximum Gasteiger partial charge on any atom is 0.341 e. The van der Waals surface area contributed by atoms with Crippen molar-refractivity contribution in [2.45, 2.75) is 6.10 Å². The minimum absolute atomic E-state index is 0.0692. The van der Waals surface area contributed by atoms with E-state index >= 15 is 0 Å². The first-order valence-corrected chi connectivity index (χ1v) is 4.65. The molecule has 1 aliphatic heterocycles. The predicted molar refractivity (Wildman–Crippen MR) is 53.0 cm³/mol. The SMILES string of the molecule is Nc1c(F)ccc(OC2COC2)c1C(=O)O. The molecule has 0 aliphatic carbocycles. The van der Waals surface area contributed by atoms with Gasteiger partial charge >= 0.3 is 5.97 Å². The van der Waals surface area contributed by atoms with Gasteiger partial charge in [-0.05, 0) is 12.1 Å². The molecular formula is C10H10FNO4. The van der Waals surface area contributed by atoms with Crippen LogP contribution in [0.4, 0.5) is 10.1 Å². The van der Waals surface area contributed by atoms with Crippen molar-refractivity contribution < 1.29 is 23.8 Å². The maximum absolute atomic E-state index is 13.1. The number of carboxylic acid groups (broad SMARTS) is 1. The van der Waals surface area contributed by atoms with Gasteiger partial charge in [-0.25, -0.2) is 9.18 Å². The Balaban J connectivity index is 2.35. The van der Waals surface area contributed by atoms with Gasteiger partial charge in [0.2, 0.25) is 0 Å². The summed E-state index contributed by atoms with van der Waals surface area (Å²) in [7, 11) is 0. The average Bonchev–Trinajstić information content (AvgIpc) is 2.16. The Bertz CT molecular complexity index is 431. The van der Waals surface area contributed by atoms with Crippen molar-refractivity contribution in [1.29, 1.82) is 0 Å². The van der Waals surface area contributed by atoms with E-state index in [1.54, 1.807) is 0 Å². The van der Waals surface area contributed by atoms with Gasteiger partial charge in [-0.2, -0.15) is 0 Å². The molecule has 0 saturated carbocycles. The Labute approximate surface area is 90.6 Å². The zero-order chi connectivity index (χ0) is 11.7. The topological polar surface area (TPSA) is 81.8 Å². The number of hydrogen-bond acceptors (Lipinski definition) is 4. The fourth-order valence-corrected chi connectivity index (χ4v) is 1.35. The molecule has 1 saturated heterocycles. The zero-order valence-corrected chi connectivity index (χ0v) is 8.27. The Morgan fingerprint density at radius 2 is 2.25 bits per heavy atom. The van der Waals surface area contributed by atoms with Gasteiger partial charge in [0.1, 0.15) is 23.2 Å². The Morgan fingerprint density at radius 3 is 2.75 bits per heavy atom. The highest BCUT2D eigenvalue weighted by Gasteiger charge is 2.25. The van der Waals surface area contributed by atoms with E-state index in [9.17, 15) is 9.18 Å². The second-order valence-electron chi connectivity index (χ2n) is 3.42. The van der Waals surface area contributed by atoms with Gasteiger partial charge in [-0.15, -0.1) is 0 Å². The number of carbonyl (C=O) groups is 1. The van der Waals surface area contributed by atoms with E-state index in [0.717, 1.165) is 6.07 Å². The van der Waals surface area contributed by atoms with Crippen LogP contribution in [0.1, 0.15) is 10.4 Å². The molecule has 0 unspecified atom stereocenters. The van der Waals surface area contributed by atoms with Gasteiger partial charge in [0.05, 0.1) is 18.9 Å². The summed E-state index contributed by atoms with van der Waals surface area (Å²) in [5.41, 5.74) is 4.60. The monoisotopic (exact) mass is 227 g/mol. The molecule has 1 aliphatic rings. The number of aromatic carboxylic acids is 1. The molecule has 16 heavy (non-hydrogen) atoms. The highest BCUT2D eigenvalue weighted by atomic mass is 19.1. The summed E-state index contributed by atoms with van der Waals surface area (Å²) in [6, 6.07) is 2.34. The number of carboxylic acids is 1. The number of benzene rings is 1. The van der Waals surface area contributed by atoms with Crippen LogP contribution in [0.25, 0.3) is 0 Å². The molecular weight excluding hydrogens is 217 g/mol. The van der Waals surface area contributed by atoms with E-state index in [2.05, 4.69) is 0 Å². The van der Waals surface area contributed by atoms with E-state index < -0.39 is 17.5 Å². The van der Waals surface area contributed by atoms with Gasteiger partial charge in [0.25, 0.3) is 0 Å². The van der Waals surface area contributed by atoms with Crippen molar-refractivity contribution in [2.75, 3.05) is 18.9 Å². The van der Waals surface area contributed by atoms with Crippen LogP contribution in [0.3, 0.4) is 0 Å². The Kier molecular flexibility index (Phi) is 2.66. The van der Waals surface area contributed by atoms with Gasteiger partial charge in [-0.3, -0.25) is 0 Å². The highest BCUT2D eigenvalue weighted by molar-refractivity contribution is 5.96. The standard InChI is InChI=1S/C10H10FNO4/c11-6-1-2-7(16-5-3-15-4-5)8(9(6)12)10(13)14/h1-2,5H,3-4,12H2,(H,13,14). The maximum atomic E-state index is 13.1. The van der Waals surface area contributed by atoms with Gasteiger partial charge in [0, 0.05) is 0 Å². The van der Waals surface area contributed by atoms with Crippen molar-refractivity contribution in [2.24, 2.45) is 0 Å². The number of anilines is 1. The molecule has 0 atom stereocenters. The van der Waals surface area contributed by atoms with E-state index in [4.69, 9.17) is 20.3 Å². The first-order chi connectivity index (χ1) is 7.59. The van der Waals surface area contributed by atoms with Crippen molar-refractivity contribution >= 4 is 11.7 Å². The third-order valence-corrected chi connectivity index (χ3v) is 2.27. The number of nitrogens with two attached hydrogens (primary N) is 1. The van der Waals surface area contributed by atoms with Crippen LogP contribution in [0.2, 0.25) is 0 Å². The van der Waals surface area contributed by atoms with Gasteiger partial charge < -0.3 is 20.3 Å². The van der Waals surface area contributed by atoms with E-state index in [1.165, 1.54) is 6.07 Å². The fraction of sp³-hybridized carbons (Fsp3) is 0.300. The quantitative estimate of drug-likeness (QED) is 0.749. The smallest absolute Gasteiger partial charge is 0.341 e. The molecule has 86 valence electrons. The molecule has 0 aromatic heterocycles. The van der Waals surface area contributed by atoms with E-state index in [-0.39, 0.29) is 17.4 Å². The average molecular weight is 227 g/mol. The molecule has 1 heterocycles. The summed E-state index contributed by atoms with van der Waals surface area (Å²) in [4.78, 5) is 10.9. The van der Waals surface area contributed by atoms with Crippen LogP contribution in [-0.4, -0.2) is 30.4 Å². The molecule has 2 rings (SSSR count). The fourth-order valence-electron chi connectivity index (χ4n) is 1.35. The largest absolute Gasteiger partial charge is 0.485 e. The van der Waals surface area contributed by atoms with Crippen molar-refractivity contribution in [3.8, 4) is 5.75 Å². The predicted octanol–water partition coefficient (Wildman–Crippen LogP) is 0.884. The lowest BCUT2D eigenvalue weighted by atomic mass is 10.1. The lowest BCUT2D eigenvalue weighted by molar-refractivity contribution is -0.0799. The number of nitrogen functional groups attached to an aromatic ring is 1. The molecule has 1 aromatic rings. The zero-order valence-electron chi connectivity index (χ0n) is 8.27. The molecule has 0 bridgehead atoms. The summed E-state index contributed by atoms with van der Waals surface area (Å²) in [5.74, 6) is -2.01. The van der Waals surface area contributed by atoms with Crippen LogP contribution in [0, 0.1) is 5.82 Å². The second kappa shape index (κ2) is 3.97. The van der Waals surface area contributed by atoms with Gasteiger partial charge in [0.15, 0.2) is 0 Å². The molecule has 5 nitrogen and oxygen atoms in total. The van der Waals surface area contributed by atoms with E-state index in [1.807, 2.05) is 0 Å². The summed E-state index contributed by atoms with van der Waals surface area (Å²) >= 11 is 0. The lowest BCUT2D eigenvalue weighted by Gasteiger charge is -2.27. The van der Waals surface area contributed by atoms with Crippen molar-refractivity contribution in [3.63, 3.8) is 0 Å². The van der Waals surface area contributed by atoms with Gasteiger partial charge in [-0.1, -0.05) is 0 Å². The number of halogens is 1. The highest BCUT2D eigenvalue weighted by Crippen LogP contribution is 2.28. The lowest BCUT2D eigenvalue weighted by Crippen LogP contribution is -2.39. The molecule has 0 radical (unpaired) electrons. The van der Waals surface area contributed by atoms with Crippen molar-refractivity contribution in [3.05, 3.63) is 23.5 Å². The van der Waals surface area contributed by atoms with Crippen molar-refractivity contribution in [1.82, 2.24) is 0 Å². The van der Waals surface area contributed by atoms with Crippen LogP contribution >= 0.6 is 0 Å². The summed E-state index contributed by atoms with van der Waals surface area (Å²) < 4.78 is 23.3. The van der Waals surface area contributed by atoms with Crippen LogP contribution in [0.5, 0.6) is 5.75 Å². The number of rotatable bonds is 3. The third kappa shape index (κ3) is 1.79. The molecule has 3 N–H and O–H groups in total. The molecule has 0 spiro atoms. The van der Waals surface area contributed by atoms with Crippen LogP contribution in [-0.2, 0) is 4.74 Å². The van der Waals surface area contributed by atoms with E-state index in [0.29, 0.717) is 13.2 Å². The first kappa shape index (κ1) is 10.7. The van der Waals surface area contributed by atoms with Crippen LogP contribution in [0.15, 0.2) is 12.1 Å². The third-order valence-electron chi connectivity index (χ3n) is 2.27. The summed E-state index contributed by atoms with van der Waals surface area (Å²) in [6.07, 6.45) is -0.192. The number of ether oxygens (including phenoxy) is 2. The minimum atomic E-state index is -1.31. The Morgan fingerprint density at radius 1 is 1.56 bits per heavy atom. The number of hydrogen-bond donors (Lipinski definition) is 2. The molecule has 1 aromatic carbocycles. The summed E-state index contributed by atoms with van der Waals surface area (Å²) in [6.45, 7) is 0.798. The molecule has 6 heteroatoms. The molecule has 0 amide bonds. The first-order valence-electron chi connectivity index (χ1n) is 4.65. The molecule has 1 fully saturated rings. The van der Waals surface area contributed by atoms with Crippen LogP contribution < -0.4 is 10.5 Å².